The minimum atomic E-state index is 0.278. The molecule has 0 aromatic rings. The van der Waals surface area contributed by atoms with Gasteiger partial charge in [-0.05, 0) is 19.8 Å². The van der Waals surface area contributed by atoms with Gasteiger partial charge in [0.25, 0.3) is 0 Å². The summed E-state index contributed by atoms with van der Waals surface area (Å²) in [7, 11) is 0. The maximum atomic E-state index is 11.6. The molecule has 0 aromatic carbocycles. The van der Waals surface area contributed by atoms with Gasteiger partial charge in [-0.15, -0.1) is 0 Å². The van der Waals surface area contributed by atoms with Crippen LogP contribution < -0.4 is 0 Å². The van der Waals surface area contributed by atoms with E-state index in [4.69, 9.17) is 4.74 Å². The van der Waals surface area contributed by atoms with Crippen molar-refractivity contribution >= 4 is 5.91 Å². The molecule has 76 valence electrons. The monoisotopic (exact) mass is 185 g/mol. The van der Waals surface area contributed by atoms with Crippen LogP contribution in [-0.4, -0.2) is 36.6 Å². The second-order valence-corrected chi connectivity index (χ2v) is 3.59. The largest absolute Gasteiger partial charge is 0.380 e. The van der Waals surface area contributed by atoms with Gasteiger partial charge in [-0.1, -0.05) is 6.92 Å². The Morgan fingerprint density at radius 3 is 3.00 bits per heavy atom. The molecule has 1 rings (SSSR count). The van der Waals surface area contributed by atoms with Gasteiger partial charge in [0.05, 0.1) is 6.61 Å². The van der Waals surface area contributed by atoms with Gasteiger partial charge >= 0.3 is 0 Å². The SMILES string of the molecule is CCCC(=O)N1CCOCCC1C. The van der Waals surface area contributed by atoms with Crippen molar-refractivity contribution in [2.24, 2.45) is 0 Å². The van der Waals surface area contributed by atoms with Crippen LogP contribution in [0.2, 0.25) is 0 Å². The Morgan fingerprint density at radius 2 is 2.31 bits per heavy atom. The lowest BCUT2D eigenvalue weighted by Crippen LogP contribution is -2.39. The molecule has 1 unspecified atom stereocenters. The van der Waals surface area contributed by atoms with E-state index in [0.717, 1.165) is 26.0 Å². The normalized spacial score (nSPS) is 24.2. The van der Waals surface area contributed by atoms with Gasteiger partial charge in [-0.25, -0.2) is 0 Å². The minimum Gasteiger partial charge on any atom is -0.380 e. The van der Waals surface area contributed by atoms with Gasteiger partial charge in [0.1, 0.15) is 0 Å². The van der Waals surface area contributed by atoms with Crippen LogP contribution in [0.25, 0.3) is 0 Å². The number of carbonyl (C=O) groups is 1. The van der Waals surface area contributed by atoms with Crippen LogP contribution in [0.3, 0.4) is 0 Å². The predicted octanol–water partition coefficient (Wildman–Crippen LogP) is 1.42. The van der Waals surface area contributed by atoms with Crippen molar-refractivity contribution in [3.05, 3.63) is 0 Å². The number of amides is 1. The van der Waals surface area contributed by atoms with Crippen molar-refractivity contribution in [2.45, 2.75) is 39.2 Å². The molecule has 0 saturated carbocycles. The molecule has 3 heteroatoms. The quantitative estimate of drug-likeness (QED) is 0.651. The van der Waals surface area contributed by atoms with Crippen LogP contribution in [-0.2, 0) is 9.53 Å². The van der Waals surface area contributed by atoms with E-state index < -0.39 is 0 Å². The van der Waals surface area contributed by atoms with Crippen molar-refractivity contribution in [1.29, 1.82) is 0 Å². The first-order chi connectivity index (χ1) is 6.25. The van der Waals surface area contributed by atoms with Crippen molar-refractivity contribution in [1.82, 2.24) is 4.90 Å². The lowest BCUT2D eigenvalue weighted by atomic mass is 10.2. The van der Waals surface area contributed by atoms with Crippen molar-refractivity contribution < 1.29 is 9.53 Å². The standard InChI is InChI=1S/C10H19NO2/c1-3-4-10(12)11-6-8-13-7-5-9(11)2/h9H,3-8H2,1-2H3. The molecular formula is C10H19NO2. The molecule has 3 nitrogen and oxygen atoms in total. The van der Waals surface area contributed by atoms with Crippen molar-refractivity contribution in [3.8, 4) is 0 Å². The van der Waals surface area contributed by atoms with Gasteiger partial charge in [0.2, 0.25) is 5.91 Å². The van der Waals surface area contributed by atoms with Crippen LogP contribution in [0.4, 0.5) is 0 Å². The zero-order valence-electron chi connectivity index (χ0n) is 8.58. The van der Waals surface area contributed by atoms with E-state index in [0.29, 0.717) is 19.1 Å². The number of hydrogen-bond acceptors (Lipinski definition) is 2. The summed E-state index contributed by atoms with van der Waals surface area (Å²) in [5.74, 6) is 0.278. The van der Waals surface area contributed by atoms with Gasteiger partial charge in [-0.2, -0.15) is 0 Å². The van der Waals surface area contributed by atoms with Crippen LogP contribution >= 0.6 is 0 Å². The minimum absolute atomic E-state index is 0.278. The fourth-order valence-corrected chi connectivity index (χ4v) is 1.62. The summed E-state index contributed by atoms with van der Waals surface area (Å²) >= 11 is 0. The Bertz CT molecular complexity index is 170. The molecule has 0 bridgehead atoms. The Hall–Kier alpha value is -0.570. The number of rotatable bonds is 2. The first-order valence-corrected chi connectivity index (χ1v) is 5.13. The van der Waals surface area contributed by atoms with Gasteiger partial charge in [0.15, 0.2) is 0 Å². The summed E-state index contributed by atoms with van der Waals surface area (Å²) in [5.41, 5.74) is 0. The summed E-state index contributed by atoms with van der Waals surface area (Å²) in [6, 6.07) is 0.349. The van der Waals surface area contributed by atoms with Crippen LogP contribution in [0.15, 0.2) is 0 Å². The average molecular weight is 185 g/mol. The first kappa shape index (κ1) is 10.5. The van der Waals surface area contributed by atoms with E-state index in [1.54, 1.807) is 0 Å². The molecule has 1 saturated heterocycles. The second-order valence-electron chi connectivity index (χ2n) is 3.59. The molecule has 1 atom stereocenters. The van der Waals surface area contributed by atoms with E-state index in [1.165, 1.54) is 0 Å². The Labute approximate surface area is 80.1 Å². The Morgan fingerprint density at radius 1 is 1.54 bits per heavy atom. The van der Waals surface area contributed by atoms with Crippen molar-refractivity contribution in [3.63, 3.8) is 0 Å². The lowest BCUT2D eigenvalue weighted by Gasteiger charge is -2.26. The molecule has 0 N–H and O–H groups in total. The van der Waals surface area contributed by atoms with E-state index in [2.05, 4.69) is 6.92 Å². The Kier molecular flexibility index (Phi) is 4.22. The van der Waals surface area contributed by atoms with Crippen LogP contribution in [0.5, 0.6) is 0 Å². The zero-order valence-corrected chi connectivity index (χ0v) is 8.58. The molecule has 0 aromatic heterocycles. The van der Waals surface area contributed by atoms with E-state index >= 15 is 0 Å². The van der Waals surface area contributed by atoms with Gasteiger partial charge < -0.3 is 9.64 Å². The number of ether oxygens (including phenoxy) is 1. The average Bonchev–Trinajstić information content (AvgIpc) is 2.30. The summed E-state index contributed by atoms with van der Waals surface area (Å²) in [6.45, 7) is 6.38. The highest BCUT2D eigenvalue weighted by Crippen LogP contribution is 2.10. The molecule has 0 radical (unpaired) electrons. The number of hydrogen-bond donors (Lipinski definition) is 0. The van der Waals surface area contributed by atoms with E-state index in [1.807, 2.05) is 11.8 Å². The third-order valence-electron chi connectivity index (χ3n) is 2.47. The summed E-state index contributed by atoms with van der Waals surface area (Å²) < 4.78 is 5.33. The van der Waals surface area contributed by atoms with E-state index in [-0.39, 0.29) is 5.91 Å². The topological polar surface area (TPSA) is 29.5 Å². The highest BCUT2D eigenvalue weighted by atomic mass is 16.5. The Balaban J connectivity index is 2.48. The fraction of sp³-hybridized carbons (Fsp3) is 0.900. The highest BCUT2D eigenvalue weighted by molar-refractivity contribution is 5.76. The number of carbonyl (C=O) groups excluding carboxylic acids is 1. The fourth-order valence-electron chi connectivity index (χ4n) is 1.62. The van der Waals surface area contributed by atoms with Gasteiger partial charge in [0, 0.05) is 25.6 Å². The third-order valence-corrected chi connectivity index (χ3v) is 2.47. The molecule has 1 heterocycles. The smallest absolute Gasteiger partial charge is 0.222 e. The highest BCUT2D eigenvalue weighted by Gasteiger charge is 2.20. The lowest BCUT2D eigenvalue weighted by molar-refractivity contribution is -0.133. The summed E-state index contributed by atoms with van der Waals surface area (Å²) in [5, 5.41) is 0. The molecule has 0 aliphatic carbocycles. The van der Waals surface area contributed by atoms with Crippen LogP contribution in [0, 0.1) is 0 Å². The van der Waals surface area contributed by atoms with E-state index in [9.17, 15) is 4.79 Å². The number of nitrogens with zero attached hydrogens (tertiary/aromatic N) is 1. The molecule has 0 spiro atoms. The first-order valence-electron chi connectivity index (χ1n) is 5.13. The van der Waals surface area contributed by atoms with Crippen LogP contribution in [0.1, 0.15) is 33.1 Å². The van der Waals surface area contributed by atoms with Gasteiger partial charge in [-0.3, -0.25) is 4.79 Å². The molecule has 13 heavy (non-hydrogen) atoms. The molecule has 1 fully saturated rings. The third kappa shape index (κ3) is 2.99. The molecule has 1 aliphatic rings. The summed E-state index contributed by atoms with van der Waals surface area (Å²) in [4.78, 5) is 13.6. The second kappa shape index (κ2) is 5.22. The maximum absolute atomic E-state index is 11.6. The maximum Gasteiger partial charge on any atom is 0.222 e. The molecule has 1 amide bonds. The molecule has 1 aliphatic heterocycles. The zero-order chi connectivity index (χ0) is 9.68. The van der Waals surface area contributed by atoms with Crippen molar-refractivity contribution in [2.75, 3.05) is 19.8 Å². The summed E-state index contributed by atoms with van der Waals surface area (Å²) in [6.07, 6.45) is 2.57. The predicted molar refractivity (Wildman–Crippen MR) is 51.5 cm³/mol. The molecular weight excluding hydrogens is 166 g/mol.